The van der Waals surface area contributed by atoms with Crippen LogP contribution in [0.2, 0.25) is 0 Å². The molecule has 3 unspecified atom stereocenters. The average molecular weight is 264 g/mol. The van der Waals surface area contributed by atoms with Crippen LogP contribution in [0, 0.1) is 11.8 Å². The zero-order chi connectivity index (χ0) is 13.1. The Labute approximate surface area is 119 Å². The van der Waals surface area contributed by atoms with Crippen LogP contribution in [0.5, 0.6) is 0 Å². The summed E-state index contributed by atoms with van der Waals surface area (Å²) in [6.07, 6.45) is 13.1. The summed E-state index contributed by atoms with van der Waals surface area (Å²) in [7, 11) is 0. The largest absolute Gasteiger partial charge is 0.310 e. The maximum absolute atomic E-state index is 3.83. The van der Waals surface area contributed by atoms with Crippen LogP contribution in [-0.2, 0) is 0 Å². The zero-order valence-electron chi connectivity index (χ0n) is 12.7. The van der Waals surface area contributed by atoms with Gasteiger partial charge in [-0.05, 0) is 63.5 Å². The van der Waals surface area contributed by atoms with Gasteiger partial charge in [0.15, 0.2) is 0 Å². The summed E-state index contributed by atoms with van der Waals surface area (Å²) in [5.74, 6) is 2.02. The highest BCUT2D eigenvalue weighted by Crippen LogP contribution is 2.31. The highest BCUT2D eigenvalue weighted by atomic mass is 15.2. The quantitative estimate of drug-likeness (QED) is 0.818. The van der Waals surface area contributed by atoms with Crippen molar-refractivity contribution in [3.05, 3.63) is 0 Å². The van der Waals surface area contributed by atoms with Gasteiger partial charge in [0.2, 0.25) is 0 Å². The van der Waals surface area contributed by atoms with E-state index in [4.69, 9.17) is 0 Å². The maximum Gasteiger partial charge on any atom is 0.0198 e. The molecule has 0 aromatic rings. The molecule has 2 heteroatoms. The van der Waals surface area contributed by atoms with Gasteiger partial charge < -0.3 is 10.2 Å². The SMILES string of the molecule is CC1CCCC(CCN2CCCC(NC3CC3)C2)C1. The van der Waals surface area contributed by atoms with Crippen molar-refractivity contribution in [2.75, 3.05) is 19.6 Å². The summed E-state index contributed by atoms with van der Waals surface area (Å²) >= 11 is 0. The Morgan fingerprint density at radius 3 is 2.68 bits per heavy atom. The van der Waals surface area contributed by atoms with E-state index in [1.54, 1.807) is 0 Å². The molecule has 0 radical (unpaired) electrons. The second kappa shape index (κ2) is 6.58. The van der Waals surface area contributed by atoms with Crippen LogP contribution in [0.25, 0.3) is 0 Å². The van der Waals surface area contributed by atoms with E-state index >= 15 is 0 Å². The lowest BCUT2D eigenvalue weighted by Crippen LogP contribution is -2.46. The Hall–Kier alpha value is -0.0800. The normalized spacial score (nSPS) is 37.4. The molecule has 2 nitrogen and oxygen atoms in total. The van der Waals surface area contributed by atoms with E-state index in [9.17, 15) is 0 Å². The van der Waals surface area contributed by atoms with Gasteiger partial charge in [-0.25, -0.2) is 0 Å². The monoisotopic (exact) mass is 264 g/mol. The fourth-order valence-electron chi connectivity index (χ4n) is 4.17. The van der Waals surface area contributed by atoms with Gasteiger partial charge in [0.25, 0.3) is 0 Å². The lowest BCUT2D eigenvalue weighted by atomic mass is 9.81. The van der Waals surface area contributed by atoms with Crippen molar-refractivity contribution in [1.82, 2.24) is 10.2 Å². The van der Waals surface area contributed by atoms with Gasteiger partial charge >= 0.3 is 0 Å². The van der Waals surface area contributed by atoms with Crippen molar-refractivity contribution >= 4 is 0 Å². The Kier molecular flexibility index (Phi) is 4.81. The number of likely N-dealkylation sites (tertiary alicyclic amines) is 1. The molecule has 0 aromatic carbocycles. The highest BCUT2D eigenvalue weighted by molar-refractivity contribution is 4.88. The molecule has 0 spiro atoms. The number of rotatable bonds is 5. The van der Waals surface area contributed by atoms with Gasteiger partial charge in [0, 0.05) is 18.6 Å². The first-order valence-corrected chi connectivity index (χ1v) is 8.78. The van der Waals surface area contributed by atoms with Crippen LogP contribution in [0.15, 0.2) is 0 Å². The van der Waals surface area contributed by atoms with E-state index < -0.39 is 0 Å². The third kappa shape index (κ3) is 4.46. The molecule has 110 valence electrons. The van der Waals surface area contributed by atoms with Crippen LogP contribution >= 0.6 is 0 Å². The molecule has 1 heterocycles. The molecule has 0 amide bonds. The molecule has 3 atom stereocenters. The van der Waals surface area contributed by atoms with Gasteiger partial charge in [-0.2, -0.15) is 0 Å². The van der Waals surface area contributed by atoms with E-state index in [-0.39, 0.29) is 0 Å². The minimum atomic E-state index is 0.798. The number of nitrogens with zero attached hydrogens (tertiary/aromatic N) is 1. The van der Waals surface area contributed by atoms with Crippen LogP contribution in [-0.4, -0.2) is 36.6 Å². The summed E-state index contributed by atoms with van der Waals surface area (Å²) in [5, 5.41) is 3.83. The van der Waals surface area contributed by atoms with Gasteiger partial charge in [0.05, 0.1) is 0 Å². The van der Waals surface area contributed by atoms with Crippen molar-refractivity contribution < 1.29 is 0 Å². The molecular formula is C17H32N2. The molecule has 0 aromatic heterocycles. The Bertz CT molecular complexity index is 274. The molecule has 3 aliphatic rings. The van der Waals surface area contributed by atoms with E-state index in [1.165, 1.54) is 77.4 Å². The second-order valence-electron chi connectivity index (χ2n) is 7.51. The molecule has 3 rings (SSSR count). The van der Waals surface area contributed by atoms with Crippen LogP contribution in [0.3, 0.4) is 0 Å². The van der Waals surface area contributed by atoms with Gasteiger partial charge in [0.1, 0.15) is 0 Å². The predicted octanol–water partition coefficient (Wildman–Crippen LogP) is 3.42. The summed E-state index contributed by atoms with van der Waals surface area (Å²) in [6.45, 7) is 6.48. The lowest BCUT2D eigenvalue weighted by molar-refractivity contribution is 0.165. The first kappa shape index (κ1) is 13.9. The minimum absolute atomic E-state index is 0.798. The number of piperidine rings is 1. The lowest BCUT2D eigenvalue weighted by Gasteiger charge is -2.35. The van der Waals surface area contributed by atoms with E-state index in [0.717, 1.165) is 23.9 Å². The van der Waals surface area contributed by atoms with E-state index in [0.29, 0.717) is 0 Å². The smallest absolute Gasteiger partial charge is 0.0198 e. The molecule has 0 bridgehead atoms. The fraction of sp³-hybridized carbons (Fsp3) is 1.00. The van der Waals surface area contributed by atoms with Gasteiger partial charge in [-0.1, -0.05) is 26.2 Å². The summed E-state index contributed by atoms with van der Waals surface area (Å²) < 4.78 is 0. The number of hydrogen-bond acceptors (Lipinski definition) is 2. The van der Waals surface area contributed by atoms with Crippen molar-refractivity contribution in [1.29, 1.82) is 0 Å². The highest BCUT2D eigenvalue weighted by Gasteiger charge is 2.28. The van der Waals surface area contributed by atoms with Gasteiger partial charge in [-0.15, -0.1) is 0 Å². The van der Waals surface area contributed by atoms with E-state index in [1.807, 2.05) is 0 Å². The average Bonchev–Trinajstić information content (AvgIpc) is 3.21. The first-order chi connectivity index (χ1) is 9.29. The molecule has 1 aliphatic heterocycles. The minimum Gasteiger partial charge on any atom is -0.310 e. The predicted molar refractivity (Wildman–Crippen MR) is 81.4 cm³/mol. The Morgan fingerprint density at radius 2 is 1.89 bits per heavy atom. The Balaban J connectivity index is 1.36. The first-order valence-electron chi connectivity index (χ1n) is 8.78. The topological polar surface area (TPSA) is 15.3 Å². The second-order valence-corrected chi connectivity index (χ2v) is 7.51. The van der Waals surface area contributed by atoms with Crippen molar-refractivity contribution in [3.8, 4) is 0 Å². The summed E-state index contributed by atoms with van der Waals surface area (Å²) in [5.41, 5.74) is 0. The third-order valence-electron chi connectivity index (χ3n) is 5.45. The van der Waals surface area contributed by atoms with Crippen molar-refractivity contribution in [2.24, 2.45) is 11.8 Å². The maximum atomic E-state index is 3.83. The third-order valence-corrected chi connectivity index (χ3v) is 5.45. The molecule has 2 aliphatic carbocycles. The van der Waals surface area contributed by atoms with Crippen LogP contribution in [0.4, 0.5) is 0 Å². The number of hydrogen-bond donors (Lipinski definition) is 1. The zero-order valence-corrected chi connectivity index (χ0v) is 12.7. The molecule has 2 saturated carbocycles. The molecule has 1 saturated heterocycles. The Morgan fingerprint density at radius 1 is 1.00 bits per heavy atom. The standard InChI is InChI=1S/C17H32N2/c1-14-4-2-5-15(12-14)9-11-19-10-3-6-17(13-19)18-16-7-8-16/h14-18H,2-13H2,1H3. The van der Waals surface area contributed by atoms with Crippen LogP contribution < -0.4 is 5.32 Å². The van der Waals surface area contributed by atoms with Crippen molar-refractivity contribution in [2.45, 2.75) is 76.8 Å². The molecular weight excluding hydrogens is 232 g/mol. The molecule has 3 fully saturated rings. The molecule has 19 heavy (non-hydrogen) atoms. The summed E-state index contributed by atoms with van der Waals surface area (Å²) in [4.78, 5) is 2.74. The number of nitrogens with one attached hydrogen (secondary N) is 1. The summed E-state index contributed by atoms with van der Waals surface area (Å²) in [6, 6.07) is 1.68. The van der Waals surface area contributed by atoms with E-state index in [2.05, 4.69) is 17.1 Å². The van der Waals surface area contributed by atoms with Crippen molar-refractivity contribution in [3.63, 3.8) is 0 Å². The molecule has 1 N–H and O–H groups in total. The van der Waals surface area contributed by atoms with Crippen LogP contribution in [0.1, 0.15) is 64.7 Å². The van der Waals surface area contributed by atoms with Gasteiger partial charge in [-0.3, -0.25) is 0 Å². The fourth-order valence-corrected chi connectivity index (χ4v) is 4.17.